The van der Waals surface area contributed by atoms with Crippen molar-refractivity contribution in [2.45, 2.75) is 76.9 Å². The summed E-state index contributed by atoms with van der Waals surface area (Å²) in [5.74, 6) is 0.409. The summed E-state index contributed by atoms with van der Waals surface area (Å²) in [7, 11) is 0. The fourth-order valence-electron chi connectivity index (χ4n) is 3.88. The summed E-state index contributed by atoms with van der Waals surface area (Å²) in [6.07, 6.45) is 9.71. The third-order valence-electron chi connectivity index (χ3n) is 5.55. The first-order chi connectivity index (χ1) is 8.65. The van der Waals surface area contributed by atoms with E-state index < -0.39 is 0 Å². The van der Waals surface area contributed by atoms with E-state index in [1.807, 2.05) is 0 Å². The lowest BCUT2D eigenvalue weighted by Crippen LogP contribution is -2.44. The molecule has 1 heterocycles. The molecule has 0 radical (unpaired) electrons. The standard InChI is InChI=1S/C15H26N2O/c1-3-12-16-15(7-5-6-8-15)13(18)17(12)11-14(4-2)9-10-14/h12,16H,3-11H2,1-2H3. The number of hydrogen-bond acceptors (Lipinski definition) is 2. The lowest BCUT2D eigenvalue weighted by Gasteiger charge is -2.27. The molecule has 1 unspecified atom stereocenters. The summed E-state index contributed by atoms with van der Waals surface area (Å²) in [5, 5.41) is 3.67. The zero-order valence-corrected chi connectivity index (χ0v) is 11.8. The van der Waals surface area contributed by atoms with E-state index in [0.29, 0.717) is 17.5 Å². The van der Waals surface area contributed by atoms with Gasteiger partial charge >= 0.3 is 0 Å². The number of nitrogens with zero attached hydrogens (tertiary/aromatic N) is 1. The molecule has 2 aliphatic carbocycles. The number of amides is 1. The first kappa shape index (κ1) is 12.5. The quantitative estimate of drug-likeness (QED) is 0.832. The number of carbonyl (C=O) groups excluding carboxylic acids is 1. The van der Waals surface area contributed by atoms with Gasteiger partial charge in [-0.1, -0.05) is 26.7 Å². The summed E-state index contributed by atoms with van der Waals surface area (Å²) in [6, 6.07) is 0. The molecule has 1 spiro atoms. The predicted molar refractivity (Wildman–Crippen MR) is 72.1 cm³/mol. The Bertz CT molecular complexity index is 342. The van der Waals surface area contributed by atoms with Crippen molar-refractivity contribution in [1.82, 2.24) is 10.2 Å². The van der Waals surface area contributed by atoms with Crippen molar-refractivity contribution < 1.29 is 4.79 Å². The highest BCUT2D eigenvalue weighted by Gasteiger charge is 2.54. The van der Waals surface area contributed by atoms with Crippen molar-refractivity contribution in [2.24, 2.45) is 5.41 Å². The molecule has 3 rings (SSSR count). The minimum absolute atomic E-state index is 0.176. The first-order valence-electron chi connectivity index (χ1n) is 7.73. The van der Waals surface area contributed by atoms with E-state index in [1.54, 1.807) is 0 Å². The highest BCUT2D eigenvalue weighted by molar-refractivity contribution is 5.89. The molecule has 18 heavy (non-hydrogen) atoms. The van der Waals surface area contributed by atoms with Crippen LogP contribution in [-0.4, -0.2) is 29.1 Å². The summed E-state index contributed by atoms with van der Waals surface area (Å²) in [6.45, 7) is 5.46. The molecule has 1 amide bonds. The molecule has 3 nitrogen and oxygen atoms in total. The van der Waals surface area contributed by atoms with Gasteiger partial charge in [-0.3, -0.25) is 10.1 Å². The Hall–Kier alpha value is -0.570. The molecular weight excluding hydrogens is 224 g/mol. The number of nitrogens with one attached hydrogen (secondary N) is 1. The highest BCUT2D eigenvalue weighted by atomic mass is 16.2. The molecule has 3 heteroatoms. The van der Waals surface area contributed by atoms with E-state index in [4.69, 9.17) is 0 Å². The number of hydrogen-bond donors (Lipinski definition) is 1. The minimum Gasteiger partial charge on any atom is -0.325 e. The van der Waals surface area contributed by atoms with Gasteiger partial charge in [0, 0.05) is 6.54 Å². The van der Waals surface area contributed by atoms with Crippen LogP contribution in [0.2, 0.25) is 0 Å². The topological polar surface area (TPSA) is 32.3 Å². The van der Waals surface area contributed by atoms with Crippen LogP contribution in [0.15, 0.2) is 0 Å². The maximum Gasteiger partial charge on any atom is 0.244 e. The molecule has 0 aromatic rings. The van der Waals surface area contributed by atoms with Crippen LogP contribution in [0.4, 0.5) is 0 Å². The number of carbonyl (C=O) groups is 1. The van der Waals surface area contributed by atoms with Crippen molar-refractivity contribution in [3.63, 3.8) is 0 Å². The third-order valence-corrected chi connectivity index (χ3v) is 5.55. The van der Waals surface area contributed by atoms with Gasteiger partial charge in [-0.15, -0.1) is 0 Å². The Morgan fingerprint density at radius 2 is 1.89 bits per heavy atom. The second-order valence-electron chi connectivity index (χ2n) is 6.64. The maximum atomic E-state index is 12.8. The smallest absolute Gasteiger partial charge is 0.244 e. The molecule has 102 valence electrons. The van der Waals surface area contributed by atoms with Gasteiger partial charge in [0.2, 0.25) is 5.91 Å². The van der Waals surface area contributed by atoms with Gasteiger partial charge in [0.1, 0.15) is 0 Å². The van der Waals surface area contributed by atoms with Crippen LogP contribution in [0.5, 0.6) is 0 Å². The van der Waals surface area contributed by atoms with Crippen molar-refractivity contribution in [1.29, 1.82) is 0 Å². The highest BCUT2D eigenvalue weighted by Crippen LogP contribution is 2.50. The van der Waals surface area contributed by atoms with Crippen LogP contribution in [0, 0.1) is 5.41 Å². The Morgan fingerprint density at radius 1 is 1.22 bits per heavy atom. The maximum absolute atomic E-state index is 12.8. The lowest BCUT2D eigenvalue weighted by atomic mass is 9.97. The molecule has 0 bridgehead atoms. The number of rotatable bonds is 4. The average Bonchev–Trinajstić information content (AvgIpc) is 2.93. The van der Waals surface area contributed by atoms with Gasteiger partial charge in [-0.25, -0.2) is 0 Å². The molecule has 1 saturated heterocycles. The van der Waals surface area contributed by atoms with Crippen LogP contribution in [0.3, 0.4) is 0 Å². The SMILES string of the molecule is CCC1NC2(CCCC2)C(=O)N1CC1(CC)CC1. The van der Waals surface area contributed by atoms with Crippen molar-refractivity contribution >= 4 is 5.91 Å². The second kappa shape index (κ2) is 4.22. The largest absolute Gasteiger partial charge is 0.325 e. The normalized spacial score (nSPS) is 32.4. The van der Waals surface area contributed by atoms with Gasteiger partial charge in [0.15, 0.2) is 0 Å². The average molecular weight is 250 g/mol. The van der Waals surface area contributed by atoms with Crippen molar-refractivity contribution in [3.05, 3.63) is 0 Å². The van der Waals surface area contributed by atoms with Gasteiger partial charge in [0.25, 0.3) is 0 Å². The Kier molecular flexibility index (Phi) is 2.92. The molecule has 3 fully saturated rings. The molecular formula is C15H26N2O. The molecule has 1 N–H and O–H groups in total. The summed E-state index contributed by atoms with van der Waals surface area (Å²) < 4.78 is 0. The minimum atomic E-state index is -0.176. The molecule has 0 aromatic heterocycles. The van der Waals surface area contributed by atoms with E-state index in [1.165, 1.54) is 32.1 Å². The fraction of sp³-hybridized carbons (Fsp3) is 0.933. The van der Waals surface area contributed by atoms with Crippen LogP contribution in [-0.2, 0) is 4.79 Å². The van der Waals surface area contributed by atoms with E-state index in [2.05, 4.69) is 24.1 Å². The van der Waals surface area contributed by atoms with Crippen LogP contribution < -0.4 is 5.32 Å². The first-order valence-corrected chi connectivity index (χ1v) is 7.73. The lowest BCUT2D eigenvalue weighted by molar-refractivity contribution is -0.134. The van der Waals surface area contributed by atoms with Crippen molar-refractivity contribution in [2.75, 3.05) is 6.54 Å². The van der Waals surface area contributed by atoms with E-state index in [9.17, 15) is 4.79 Å². The van der Waals surface area contributed by atoms with Crippen LogP contribution in [0.25, 0.3) is 0 Å². The predicted octanol–water partition coefficient (Wildman–Crippen LogP) is 2.66. The molecule has 3 aliphatic rings. The third kappa shape index (κ3) is 1.78. The van der Waals surface area contributed by atoms with Crippen LogP contribution >= 0.6 is 0 Å². The van der Waals surface area contributed by atoms with E-state index in [-0.39, 0.29) is 5.54 Å². The zero-order valence-electron chi connectivity index (χ0n) is 11.8. The van der Waals surface area contributed by atoms with Crippen molar-refractivity contribution in [3.8, 4) is 0 Å². The Labute approximate surface area is 110 Å². The summed E-state index contributed by atoms with van der Waals surface area (Å²) in [5.41, 5.74) is 0.291. The zero-order chi connectivity index (χ0) is 12.8. The molecule has 0 aromatic carbocycles. The van der Waals surface area contributed by atoms with Gasteiger partial charge in [0.05, 0.1) is 11.7 Å². The second-order valence-corrected chi connectivity index (χ2v) is 6.64. The summed E-state index contributed by atoms with van der Waals surface area (Å²) >= 11 is 0. The van der Waals surface area contributed by atoms with E-state index >= 15 is 0 Å². The molecule has 1 atom stereocenters. The Balaban J connectivity index is 1.77. The monoisotopic (exact) mass is 250 g/mol. The summed E-state index contributed by atoms with van der Waals surface area (Å²) in [4.78, 5) is 15.0. The molecule has 1 aliphatic heterocycles. The van der Waals surface area contributed by atoms with Crippen LogP contribution in [0.1, 0.15) is 65.2 Å². The van der Waals surface area contributed by atoms with E-state index in [0.717, 1.165) is 25.8 Å². The van der Waals surface area contributed by atoms with Gasteiger partial charge < -0.3 is 4.90 Å². The molecule has 2 saturated carbocycles. The van der Waals surface area contributed by atoms with Gasteiger partial charge in [-0.2, -0.15) is 0 Å². The fourth-order valence-corrected chi connectivity index (χ4v) is 3.88. The Morgan fingerprint density at radius 3 is 2.39 bits per heavy atom. The van der Waals surface area contributed by atoms with Gasteiger partial charge in [-0.05, 0) is 43.9 Å².